The first kappa shape index (κ1) is 17.3. The Morgan fingerprint density at radius 2 is 2.00 bits per heavy atom. The molecule has 0 saturated heterocycles. The highest BCUT2D eigenvalue weighted by Crippen LogP contribution is 2.34. The van der Waals surface area contributed by atoms with Crippen LogP contribution in [0.4, 0.5) is 13.2 Å². The average Bonchev–Trinajstić information content (AvgIpc) is 2.56. The summed E-state index contributed by atoms with van der Waals surface area (Å²) < 4.78 is 38.9. The minimum Gasteiger partial charge on any atom is -0.334 e. The molecule has 1 atom stereocenters. The lowest BCUT2D eigenvalue weighted by Crippen LogP contribution is -2.42. The first-order valence-electron chi connectivity index (χ1n) is 7.29. The SMILES string of the molecule is CC(C)c1cc2c(cc1Br)C(C)CN(C(=O)C(F)(F)F)CC2. The van der Waals surface area contributed by atoms with E-state index in [1.807, 2.05) is 13.0 Å². The van der Waals surface area contributed by atoms with Crippen molar-refractivity contribution in [2.24, 2.45) is 0 Å². The molecule has 0 radical (unpaired) electrons. The lowest BCUT2D eigenvalue weighted by Gasteiger charge is -2.24. The highest BCUT2D eigenvalue weighted by Gasteiger charge is 2.43. The van der Waals surface area contributed by atoms with E-state index in [1.54, 1.807) is 0 Å². The van der Waals surface area contributed by atoms with Gasteiger partial charge in [-0.2, -0.15) is 13.2 Å². The molecular formula is C16H19BrF3NO. The first-order valence-corrected chi connectivity index (χ1v) is 8.09. The molecule has 0 aliphatic carbocycles. The van der Waals surface area contributed by atoms with Crippen LogP contribution in [0.5, 0.6) is 0 Å². The van der Waals surface area contributed by atoms with Crippen LogP contribution in [0.1, 0.15) is 49.3 Å². The summed E-state index contributed by atoms with van der Waals surface area (Å²) >= 11 is 3.54. The van der Waals surface area contributed by atoms with Gasteiger partial charge in [0.25, 0.3) is 0 Å². The average molecular weight is 378 g/mol. The van der Waals surface area contributed by atoms with E-state index in [4.69, 9.17) is 0 Å². The molecule has 2 nitrogen and oxygen atoms in total. The standard InChI is InChI=1S/C16H19BrF3NO/c1-9(2)12-6-11-4-5-21(15(22)16(18,19)20)8-10(3)13(11)7-14(12)17/h6-7,9-10H,4-5,8H2,1-3H3. The van der Waals surface area contributed by atoms with Crippen molar-refractivity contribution in [2.45, 2.75) is 45.2 Å². The van der Waals surface area contributed by atoms with Crippen LogP contribution in [-0.2, 0) is 11.2 Å². The van der Waals surface area contributed by atoms with Crippen molar-refractivity contribution < 1.29 is 18.0 Å². The lowest BCUT2D eigenvalue weighted by atomic mass is 9.91. The molecule has 6 heteroatoms. The number of benzene rings is 1. The van der Waals surface area contributed by atoms with E-state index in [0.717, 1.165) is 26.1 Å². The normalized spacial score (nSPS) is 19.1. The van der Waals surface area contributed by atoms with E-state index in [9.17, 15) is 18.0 Å². The maximum Gasteiger partial charge on any atom is 0.471 e. The van der Waals surface area contributed by atoms with Crippen LogP contribution >= 0.6 is 15.9 Å². The third-order valence-electron chi connectivity index (χ3n) is 4.09. The van der Waals surface area contributed by atoms with E-state index in [1.165, 1.54) is 0 Å². The van der Waals surface area contributed by atoms with E-state index >= 15 is 0 Å². The zero-order chi connectivity index (χ0) is 16.7. The van der Waals surface area contributed by atoms with Crippen molar-refractivity contribution in [3.63, 3.8) is 0 Å². The predicted molar refractivity (Wildman–Crippen MR) is 83.0 cm³/mol. The quantitative estimate of drug-likeness (QED) is 0.698. The molecule has 1 unspecified atom stereocenters. The van der Waals surface area contributed by atoms with Crippen LogP contribution in [0, 0.1) is 0 Å². The third-order valence-corrected chi connectivity index (χ3v) is 4.77. The largest absolute Gasteiger partial charge is 0.471 e. The summed E-state index contributed by atoms with van der Waals surface area (Å²) in [6.07, 6.45) is -4.35. The van der Waals surface area contributed by atoms with Gasteiger partial charge in [0.2, 0.25) is 0 Å². The summed E-state index contributed by atoms with van der Waals surface area (Å²) in [5.41, 5.74) is 3.20. The van der Waals surface area contributed by atoms with E-state index in [-0.39, 0.29) is 19.0 Å². The molecule has 1 heterocycles. The van der Waals surface area contributed by atoms with Crippen molar-refractivity contribution in [1.82, 2.24) is 4.90 Å². The maximum atomic E-state index is 12.7. The minimum atomic E-state index is -4.81. The Morgan fingerprint density at radius 3 is 2.55 bits per heavy atom. The van der Waals surface area contributed by atoms with Gasteiger partial charge in [0, 0.05) is 17.6 Å². The molecule has 0 N–H and O–H groups in total. The van der Waals surface area contributed by atoms with Crippen molar-refractivity contribution in [3.8, 4) is 0 Å². The second-order valence-electron chi connectivity index (χ2n) is 6.13. The number of carbonyl (C=O) groups excluding carboxylic acids is 1. The molecule has 0 bridgehead atoms. The number of alkyl halides is 3. The van der Waals surface area contributed by atoms with Crippen molar-refractivity contribution >= 4 is 21.8 Å². The second-order valence-corrected chi connectivity index (χ2v) is 6.98. The summed E-state index contributed by atoms with van der Waals surface area (Å²) in [5.74, 6) is -1.54. The van der Waals surface area contributed by atoms with Gasteiger partial charge in [-0.05, 0) is 41.0 Å². The fraction of sp³-hybridized carbons (Fsp3) is 0.562. The zero-order valence-corrected chi connectivity index (χ0v) is 14.4. The Kier molecular flexibility index (Phi) is 4.90. The van der Waals surface area contributed by atoms with E-state index in [2.05, 4.69) is 35.8 Å². The lowest BCUT2D eigenvalue weighted by molar-refractivity contribution is -0.185. The molecule has 2 rings (SSSR count). The number of halogens is 4. The van der Waals surface area contributed by atoms with Gasteiger partial charge >= 0.3 is 12.1 Å². The van der Waals surface area contributed by atoms with Gasteiger partial charge < -0.3 is 4.90 Å². The van der Waals surface area contributed by atoms with Crippen molar-refractivity contribution in [1.29, 1.82) is 0 Å². The van der Waals surface area contributed by atoms with Crippen LogP contribution in [0.2, 0.25) is 0 Å². The van der Waals surface area contributed by atoms with Crippen LogP contribution < -0.4 is 0 Å². The number of hydrogen-bond donors (Lipinski definition) is 0. The molecule has 0 spiro atoms. The highest BCUT2D eigenvalue weighted by molar-refractivity contribution is 9.10. The van der Waals surface area contributed by atoms with E-state index < -0.39 is 12.1 Å². The van der Waals surface area contributed by atoms with Crippen molar-refractivity contribution in [2.75, 3.05) is 13.1 Å². The molecule has 122 valence electrons. The highest BCUT2D eigenvalue weighted by atomic mass is 79.9. The number of rotatable bonds is 1. The summed E-state index contributed by atoms with van der Waals surface area (Å²) in [7, 11) is 0. The van der Waals surface area contributed by atoms with Gasteiger partial charge in [0.05, 0.1) is 0 Å². The van der Waals surface area contributed by atoms with E-state index in [0.29, 0.717) is 12.3 Å². The fourth-order valence-electron chi connectivity index (χ4n) is 2.91. The smallest absolute Gasteiger partial charge is 0.334 e. The Balaban J connectivity index is 2.33. The predicted octanol–water partition coefficient (Wildman–Crippen LogP) is 4.62. The third kappa shape index (κ3) is 3.47. The molecule has 0 aromatic heterocycles. The Labute approximate surface area is 136 Å². The molecule has 1 amide bonds. The molecule has 1 aliphatic heterocycles. The molecule has 22 heavy (non-hydrogen) atoms. The Morgan fingerprint density at radius 1 is 1.36 bits per heavy atom. The molecule has 1 aromatic carbocycles. The maximum absolute atomic E-state index is 12.7. The fourth-order valence-corrected chi connectivity index (χ4v) is 3.73. The molecular weight excluding hydrogens is 359 g/mol. The van der Waals surface area contributed by atoms with Gasteiger partial charge in [-0.1, -0.05) is 42.8 Å². The monoisotopic (exact) mass is 377 g/mol. The number of hydrogen-bond acceptors (Lipinski definition) is 1. The summed E-state index contributed by atoms with van der Waals surface area (Å²) in [6.45, 7) is 6.22. The van der Waals surface area contributed by atoms with Crippen LogP contribution in [0.3, 0.4) is 0 Å². The van der Waals surface area contributed by atoms with Crippen molar-refractivity contribution in [3.05, 3.63) is 33.3 Å². The molecule has 1 aliphatic rings. The topological polar surface area (TPSA) is 20.3 Å². The summed E-state index contributed by atoms with van der Waals surface area (Å²) in [4.78, 5) is 12.4. The first-order chi connectivity index (χ1) is 10.1. The molecule has 1 aromatic rings. The Bertz CT molecular complexity index is 583. The van der Waals surface area contributed by atoms with Gasteiger partial charge in [-0.15, -0.1) is 0 Å². The van der Waals surface area contributed by atoms with Gasteiger partial charge in [-0.25, -0.2) is 0 Å². The summed E-state index contributed by atoms with van der Waals surface area (Å²) in [5, 5.41) is 0. The van der Waals surface area contributed by atoms with Gasteiger partial charge in [0.1, 0.15) is 0 Å². The van der Waals surface area contributed by atoms with Gasteiger partial charge in [0.15, 0.2) is 0 Å². The second kappa shape index (κ2) is 6.22. The molecule has 0 saturated carbocycles. The van der Waals surface area contributed by atoms with Crippen LogP contribution in [0.15, 0.2) is 16.6 Å². The summed E-state index contributed by atoms with van der Waals surface area (Å²) in [6, 6.07) is 4.05. The number of amides is 1. The number of carbonyl (C=O) groups is 1. The Hall–Kier alpha value is -1.04. The van der Waals surface area contributed by atoms with Crippen LogP contribution in [-0.4, -0.2) is 30.1 Å². The number of fused-ring (bicyclic) bond motifs is 1. The van der Waals surface area contributed by atoms with Crippen LogP contribution in [0.25, 0.3) is 0 Å². The van der Waals surface area contributed by atoms with Gasteiger partial charge in [-0.3, -0.25) is 4.79 Å². The number of nitrogens with zero attached hydrogens (tertiary/aromatic N) is 1. The minimum absolute atomic E-state index is 0.0960. The molecule has 0 fully saturated rings. The zero-order valence-electron chi connectivity index (χ0n) is 12.8.